The molecule has 2 unspecified atom stereocenters. The van der Waals surface area contributed by atoms with Gasteiger partial charge in [-0.25, -0.2) is 0 Å². The van der Waals surface area contributed by atoms with E-state index in [9.17, 15) is 9.59 Å². The van der Waals surface area contributed by atoms with Crippen LogP contribution in [0.2, 0.25) is 0 Å². The summed E-state index contributed by atoms with van der Waals surface area (Å²) in [5.74, 6) is 0.168. The smallest absolute Gasteiger partial charge is 0.245 e. The van der Waals surface area contributed by atoms with Gasteiger partial charge in [0.1, 0.15) is 6.04 Å². The highest BCUT2D eigenvalue weighted by molar-refractivity contribution is 5.89. The summed E-state index contributed by atoms with van der Waals surface area (Å²) in [7, 11) is 1.98. The van der Waals surface area contributed by atoms with E-state index < -0.39 is 0 Å². The third-order valence-corrected chi connectivity index (χ3v) is 6.07. The highest BCUT2D eigenvalue weighted by atomic mass is 35.5. The number of rotatable bonds is 4. The van der Waals surface area contributed by atoms with Gasteiger partial charge in [0, 0.05) is 38.0 Å². The molecule has 2 amide bonds. The largest absolute Gasteiger partial charge is 0.341 e. The normalized spacial score (nSPS) is 21.2. The van der Waals surface area contributed by atoms with Gasteiger partial charge in [-0.2, -0.15) is 0 Å². The molecule has 1 aromatic carbocycles. The molecule has 1 fully saturated rings. The second kappa shape index (κ2) is 9.56. The van der Waals surface area contributed by atoms with Gasteiger partial charge in [0.25, 0.3) is 0 Å². The first kappa shape index (κ1) is 21.7. The van der Waals surface area contributed by atoms with Crippen molar-refractivity contribution in [3.8, 4) is 0 Å². The highest BCUT2D eigenvalue weighted by Crippen LogP contribution is 2.27. The number of carbonyl (C=O) groups is 2. The molecule has 0 aromatic heterocycles. The number of hydrogen-bond donors (Lipinski definition) is 1. The van der Waals surface area contributed by atoms with E-state index in [2.05, 4.69) is 17.4 Å². The number of hydrogen-bond acceptors (Lipinski definition) is 3. The molecule has 0 saturated carbocycles. The van der Waals surface area contributed by atoms with Gasteiger partial charge >= 0.3 is 0 Å². The Hall–Kier alpha value is -1.59. The van der Waals surface area contributed by atoms with Gasteiger partial charge in [-0.05, 0) is 37.4 Å². The maximum Gasteiger partial charge on any atom is 0.245 e. The number of nitrogens with zero attached hydrogens (tertiary/aromatic N) is 2. The fourth-order valence-electron chi connectivity index (χ4n) is 4.03. The molecule has 27 heavy (non-hydrogen) atoms. The zero-order valence-electron chi connectivity index (χ0n) is 16.6. The van der Waals surface area contributed by atoms with Gasteiger partial charge in [-0.3, -0.25) is 9.59 Å². The summed E-state index contributed by atoms with van der Waals surface area (Å²) < 4.78 is 0. The van der Waals surface area contributed by atoms with Crippen molar-refractivity contribution < 1.29 is 9.59 Å². The number of likely N-dealkylation sites (tertiary alicyclic amines) is 1. The topological polar surface area (TPSA) is 52.7 Å². The average Bonchev–Trinajstić information content (AvgIpc) is 2.71. The SMILES string of the molecule is CCC(C)C(=O)N1Cc2ccccc2CC1C(=O)N1CCC(NC)CC1.Cl. The molecule has 2 heterocycles. The summed E-state index contributed by atoms with van der Waals surface area (Å²) in [5, 5.41) is 3.30. The lowest BCUT2D eigenvalue weighted by atomic mass is 9.91. The summed E-state index contributed by atoms with van der Waals surface area (Å²) in [5.41, 5.74) is 2.37. The van der Waals surface area contributed by atoms with E-state index in [4.69, 9.17) is 0 Å². The van der Waals surface area contributed by atoms with Crippen molar-refractivity contribution in [2.45, 2.75) is 58.2 Å². The van der Waals surface area contributed by atoms with Gasteiger partial charge in [-0.1, -0.05) is 38.1 Å². The molecule has 2 aliphatic rings. The molecule has 3 rings (SSSR count). The second-order valence-corrected chi connectivity index (χ2v) is 7.65. The Morgan fingerprint density at radius 2 is 1.81 bits per heavy atom. The number of amides is 2. The molecule has 1 aromatic rings. The van der Waals surface area contributed by atoms with Crippen LogP contribution in [0.15, 0.2) is 24.3 Å². The predicted octanol–water partition coefficient (Wildman–Crippen LogP) is 2.62. The molecule has 1 saturated heterocycles. The van der Waals surface area contributed by atoms with E-state index in [0.717, 1.165) is 32.4 Å². The molecule has 0 spiro atoms. The Kier molecular flexibility index (Phi) is 7.68. The fraction of sp³-hybridized carbons (Fsp3) is 0.619. The van der Waals surface area contributed by atoms with Crippen LogP contribution in [-0.4, -0.2) is 53.8 Å². The molecular weight excluding hydrogens is 362 g/mol. The standard InChI is InChI=1S/C21H31N3O2.ClH/c1-4-15(2)20(25)24-14-17-8-6-5-7-16(17)13-19(24)21(26)23-11-9-18(22-3)10-12-23;/h5-8,15,18-19,22H,4,9-14H2,1-3H3;1H. The van der Waals surface area contributed by atoms with Crippen LogP contribution in [0.3, 0.4) is 0 Å². The van der Waals surface area contributed by atoms with Crippen molar-refractivity contribution in [1.82, 2.24) is 15.1 Å². The molecule has 2 aliphatic heterocycles. The van der Waals surface area contributed by atoms with Gasteiger partial charge in [0.2, 0.25) is 11.8 Å². The minimum atomic E-state index is -0.363. The summed E-state index contributed by atoms with van der Waals surface area (Å²) in [6.07, 6.45) is 3.38. The van der Waals surface area contributed by atoms with E-state index >= 15 is 0 Å². The average molecular weight is 394 g/mol. The summed E-state index contributed by atoms with van der Waals surface area (Å²) in [6.45, 7) is 6.08. The molecule has 0 bridgehead atoms. The van der Waals surface area contributed by atoms with Crippen LogP contribution in [0.5, 0.6) is 0 Å². The lowest BCUT2D eigenvalue weighted by Gasteiger charge is -2.41. The van der Waals surface area contributed by atoms with E-state index in [1.165, 1.54) is 11.1 Å². The summed E-state index contributed by atoms with van der Waals surface area (Å²) in [4.78, 5) is 30.1. The first-order chi connectivity index (χ1) is 12.5. The molecule has 0 aliphatic carbocycles. The number of carbonyl (C=O) groups excluding carboxylic acids is 2. The molecule has 150 valence electrons. The Morgan fingerprint density at radius 1 is 1.19 bits per heavy atom. The molecule has 1 N–H and O–H groups in total. The van der Waals surface area contributed by atoms with Gasteiger partial charge in [0.05, 0.1) is 0 Å². The van der Waals surface area contributed by atoms with Crippen molar-refractivity contribution in [3.05, 3.63) is 35.4 Å². The van der Waals surface area contributed by atoms with E-state index in [-0.39, 0.29) is 36.2 Å². The zero-order chi connectivity index (χ0) is 18.7. The monoisotopic (exact) mass is 393 g/mol. The molecule has 5 nitrogen and oxygen atoms in total. The van der Waals surface area contributed by atoms with E-state index in [1.807, 2.05) is 42.8 Å². The number of nitrogens with one attached hydrogen (secondary N) is 1. The van der Waals surface area contributed by atoms with Crippen molar-refractivity contribution in [3.63, 3.8) is 0 Å². The summed E-state index contributed by atoms with van der Waals surface area (Å²) >= 11 is 0. The van der Waals surface area contributed by atoms with Crippen molar-refractivity contribution >= 4 is 24.2 Å². The van der Waals surface area contributed by atoms with Gasteiger partial charge < -0.3 is 15.1 Å². The Balaban J connectivity index is 0.00000261. The van der Waals surface area contributed by atoms with Crippen LogP contribution in [-0.2, 0) is 22.6 Å². The number of benzene rings is 1. The molecular formula is C21H32ClN3O2. The lowest BCUT2D eigenvalue weighted by molar-refractivity contribution is -0.149. The molecule has 6 heteroatoms. The van der Waals surface area contributed by atoms with Gasteiger partial charge in [0.15, 0.2) is 0 Å². The van der Waals surface area contributed by atoms with Crippen molar-refractivity contribution in [2.75, 3.05) is 20.1 Å². The van der Waals surface area contributed by atoms with Crippen molar-refractivity contribution in [2.24, 2.45) is 5.92 Å². The highest BCUT2D eigenvalue weighted by Gasteiger charge is 2.38. The lowest BCUT2D eigenvalue weighted by Crippen LogP contribution is -2.56. The Morgan fingerprint density at radius 3 is 2.41 bits per heavy atom. The van der Waals surface area contributed by atoms with Crippen LogP contribution in [0.1, 0.15) is 44.2 Å². The maximum atomic E-state index is 13.3. The quantitative estimate of drug-likeness (QED) is 0.855. The van der Waals surface area contributed by atoms with Crippen LogP contribution in [0, 0.1) is 5.92 Å². The van der Waals surface area contributed by atoms with Gasteiger partial charge in [-0.15, -0.1) is 12.4 Å². The van der Waals surface area contributed by atoms with Crippen LogP contribution in [0.4, 0.5) is 0 Å². The third-order valence-electron chi connectivity index (χ3n) is 6.07. The van der Waals surface area contributed by atoms with Crippen LogP contribution < -0.4 is 5.32 Å². The maximum absolute atomic E-state index is 13.3. The summed E-state index contributed by atoms with van der Waals surface area (Å²) in [6, 6.07) is 8.32. The molecule has 2 atom stereocenters. The molecule has 0 radical (unpaired) electrons. The minimum Gasteiger partial charge on any atom is -0.341 e. The van der Waals surface area contributed by atoms with E-state index in [0.29, 0.717) is 19.0 Å². The minimum absolute atomic E-state index is 0. The Labute approximate surface area is 168 Å². The van der Waals surface area contributed by atoms with Crippen LogP contribution >= 0.6 is 12.4 Å². The fourth-order valence-corrected chi connectivity index (χ4v) is 4.03. The first-order valence-corrected chi connectivity index (χ1v) is 9.88. The second-order valence-electron chi connectivity index (χ2n) is 7.65. The van der Waals surface area contributed by atoms with E-state index in [1.54, 1.807) is 0 Å². The van der Waals surface area contributed by atoms with Crippen molar-refractivity contribution in [1.29, 1.82) is 0 Å². The number of piperidine rings is 1. The number of fused-ring (bicyclic) bond motifs is 1. The number of halogens is 1. The third kappa shape index (κ3) is 4.64. The zero-order valence-corrected chi connectivity index (χ0v) is 17.4. The van der Waals surface area contributed by atoms with Crippen LogP contribution in [0.25, 0.3) is 0 Å². The first-order valence-electron chi connectivity index (χ1n) is 9.88. The Bertz CT molecular complexity index is 659. The predicted molar refractivity (Wildman–Crippen MR) is 110 cm³/mol.